The van der Waals surface area contributed by atoms with Gasteiger partial charge in [0.15, 0.2) is 0 Å². The minimum Gasteiger partial charge on any atom is -0.289 e. The minimum absolute atomic E-state index is 0.861. The summed E-state index contributed by atoms with van der Waals surface area (Å²) in [6, 6.07) is 0. The van der Waals surface area contributed by atoms with E-state index in [2.05, 4.69) is 0 Å². The monoisotopic (exact) mass is 101 g/mol. The first-order chi connectivity index (χ1) is 3.18. The van der Waals surface area contributed by atoms with Gasteiger partial charge in [-0.3, -0.25) is 10.3 Å². The Balaban J connectivity index is 3.56. The predicted octanol–water partition coefficient (Wildman–Crippen LogP) is 1.23. The summed E-state index contributed by atoms with van der Waals surface area (Å²) in [6.45, 7) is 3.71. The van der Waals surface area contributed by atoms with E-state index in [-0.39, 0.29) is 0 Å². The molecule has 0 saturated heterocycles. The fraction of sp³-hybridized carbons (Fsp3) is 0.600. The van der Waals surface area contributed by atoms with E-state index in [1.807, 2.05) is 19.9 Å². The number of hydroxylamine groups is 2. The van der Waals surface area contributed by atoms with Crippen molar-refractivity contribution in [1.29, 1.82) is 0 Å². The molecule has 0 amide bonds. The lowest BCUT2D eigenvalue weighted by atomic mass is 10.5. The van der Waals surface area contributed by atoms with Crippen LogP contribution in [0.2, 0.25) is 0 Å². The molecule has 0 spiro atoms. The highest BCUT2D eigenvalue weighted by atomic mass is 16.5. The lowest BCUT2D eigenvalue weighted by Crippen LogP contribution is -2.08. The number of rotatable bonds is 1. The molecule has 0 fully saturated rings. The zero-order chi connectivity index (χ0) is 5.86. The maximum atomic E-state index is 8.59. The second-order valence-corrected chi connectivity index (χ2v) is 1.45. The van der Waals surface area contributed by atoms with Crippen LogP contribution in [0.3, 0.4) is 0 Å². The third-order valence-corrected chi connectivity index (χ3v) is 0.928. The zero-order valence-corrected chi connectivity index (χ0v) is 4.97. The normalized spacial score (nSPS) is 11.7. The van der Waals surface area contributed by atoms with Crippen LogP contribution in [0.5, 0.6) is 0 Å². The Morgan fingerprint density at radius 3 is 2.14 bits per heavy atom. The largest absolute Gasteiger partial charge is 0.289 e. The van der Waals surface area contributed by atoms with Gasteiger partial charge in [0.05, 0.1) is 0 Å². The second kappa shape index (κ2) is 2.64. The van der Waals surface area contributed by atoms with Crippen LogP contribution in [0, 0.1) is 0 Å². The quantitative estimate of drug-likeness (QED) is 0.502. The molecule has 0 aromatic carbocycles. The third kappa shape index (κ3) is 2.23. The third-order valence-electron chi connectivity index (χ3n) is 0.928. The molecular weight excluding hydrogens is 90.1 g/mol. The highest BCUT2D eigenvalue weighted by molar-refractivity contribution is 4.89. The summed E-state index contributed by atoms with van der Waals surface area (Å²) in [5, 5.41) is 9.67. The molecule has 7 heavy (non-hydrogen) atoms. The first-order valence-electron chi connectivity index (χ1n) is 2.24. The van der Waals surface area contributed by atoms with E-state index in [1.165, 1.54) is 0 Å². The highest BCUT2D eigenvalue weighted by Gasteiger charge is 1.85. The highest BCUT2D eigenvalue weighted by Crippen LogP contribution is 1.91. The summed E-state index contributed by atoms with van der Waals surface area (Å²) in [6.07, 6.45) is 1.83. The zero-order valence-electron chi connectivity index (χ0n) is 4.97. The van der Waals surface area contributed by atoms with E-state index in [0.29, 0.717) is 0 Å². The molecule has 42 valence electrons. The van der Waals surface area contributed by atoms with Crippen molar-refractivity contribution in [3.8, 4) is 0 Å². The van der Waals surface area contributed by atoms with E-state index < -0.39 is 0 Å². The maximum Gasteiger partial charge on any atom is 0.0337 e. The minimum atomic E-state index is 0.861. The summed E-state index contributed by atoms with van der Waals surface area (Å²) in [4.78, 5) is 0. The van der Waals surface area contributed by atoms with Crippen LogP contribution in [0.15, 0.2) is 11.8 Å². The molecule has 0 aromatic rings. The molecule has 0 unspecified atom stereocenters. The maximum absolute atomic E-state index is 8.59. The fourth-order valence-electron chi connectivity index (χ4n) is 0.187. The summed E-state index contributed by atoms with van der Waals surface area (Å²) in [7, 11) is 1.59. The Kier molecular flexibility index (Phi) is 2.45. The van der Waals surface area contributed by atoms with Crippen molar-refractivity contribution in [2.75, 3.05) is 7.05 Å². The topological polar surface area (TPSA) is 23.5 Å². The molecule has 0 aliphatic carbocycles. The molecule has 0 saturated carbocycles. The smallest absolute Gasteiger partial charge is 0.0337 e. The van der Waals surface area contributed by atoms with Crippen LogP contribution >= 0.6 is 0 Å². The second-order valence-electron chi connectivity index (χ2n) is 1.45. The molecule has 2 heteroatoms. The average Bonchev–Trinajstić information content (AvgIpc) is 1.65. The molecule has 0 radical (unpaired) electrons. The van der Waals surface area contributed by atoms with E-state index in [1.54, 1.807) is 7.05 Å². The Morgan fingerprint density at radius 2 is 2.14 bits per heavy atom. The van der Waals surface area contributed by atoms with Gasteiger partial charge in [-0.2, -0.15) is 0 Å². The summed E-state index contributed by atoms with van der Waals surface area (Å²) >= 11 is 0. The molecular formula is C5H11NO. The van der Waals surface area contributed by atoms with Crippen molar-refractivity contribution in [3.63, 3.8) is 0 Å². The van der Waals surface area contributed by atoms with Gasteiger partial charge >= 0.3 is 0 Å². The van der Waals surface area contributed by atoms with Gasteiger partial charge in [-0.15, -0.1) is 0 Å². The Morgan fingerprint density at radius 1 is 1.71 bits per heavy atom. The Hall–Kier alpha value is -0.500. The Labute approximate surface area is 44.0 Å². The van der Waals surface area contributed by atoms with Crippen LogP contribution in [0.1, 0.15) is 13.8 Å². The van der Waals surface area contributed by atoms with Gasteiger partial charge in [-0.1, -0.05) is 6.08 Å². The van der Waals surface area contributed by atoms with Crippen LogP contribution in [-0.4, -0.2) is 17.3 Å². The molecule has 2 nitrogen and oxygen atoms in total. The lowest BCUT2D eigenvalue weighted by Gasteiger charge is -2.07. The molecule has 0 aliphatic heterocycles. The molecule has 0 aromatic heterocycles. The fourth-order valence-corrected chi connectivity index (χ4v) is 0.187. The van der Waals surface area contributed by atoms with Crippen molar-refractivity contribution in [2.24, 2.45) is 0 Å². The number of hydrogen-bond acceptors (Lipinski definition) is 2. The number of hydrogen-bond donors (Lipinski definition) is 1. The van der Waals surface area contributed by atoms with Gasteiger partial charge in [-0.25, -0.2) is 0 Å². The van der Waals surface area contributed by atoms with Gasteiger partial charge in [0.25, 0.3) is 0 Å². The van der Waals surface area contributed by atoms with Gasteiger partial charge < -0.3 is 0 Å². The Bertz CT molecular complexity index is 76.1. The van der Waals surface area contributed by atoms with Gasteiger partial charge in [0.1, 0.15) is 0 Å². The van der Waals surface area contributed by atoms with E-state index >= 15 is 0 Å². The number of nitrogens with zero attached hydrogens (tertiary/aromatic N) is 1. The molecule has 0 aliphatic rings. The molecule has 1 N–H and O–H groups in total. The van der Waals surface area contributed by atoms with Crippen molar-refractivity contribution < 1.29 is 5.21 Å². The van der Waals surface area contributed by atoms with E-state index in [9.17, 15) is 0 Å². The van der Waals surface area contributed by atoms with Gasteiger partial charge in [0.2, 0.25) is 0 Å². The van der Waals surface area contributed by atoms with Gasteiger partial charge in [0, 0.05) is 12.7 Å². The van der Waals surface area contributed by atoms with Crippen molar-refractivity contribution in [3.05, 3.63) is 11.8 Å². The SMILES string of the molecule is C/C=C(/C)N(C)O. The van der Waals surface area contributed by atoms with Crippen molar-refractivity contribution in [2.45, 2.75) is 13.8 Å². The summed E-state index contributed by atoms with van der Waals surface area (Å²) < 4.78 is 0. The van der Waals surface area contributed by atoms with E-state index in [4.69, 9.17) is 5.21 Å². The first kappa shape index (κ1) is 6.50. The average molecular weight is 101 g/mol. The molecule has 0 bridgehead atoms. The van der Waals surface area contributed by atoms with Gasteiger partial charge in [-0.05, 0) is 13.8 Å². The van der Waals surface area contributed by atoms with Crippen LogP contribution in [-0.2, 0) is 0 Å². The first-order valence-corrected chi connectivity index (χ1v) is 2.24. The summed E-state index contributed by atoms with van der Waals surface area (Å²) in [5.41, 5.74) is 0.861. The van der Waals surface area contributed by atoms with E-state index in [0.717, 1.165) is 10.8 Å². The lowest BCUT2D eigenvalue weighted by molar-refractivity contribution is -0.0279. The standard InChI is InChI=1S/C5H11NO/c1-4-5(2)6(3)7/h4,7H,1-3H3/b5-4-. The molecule has 0 heterocycles. The molecule has 0 rings (SSSR count). The van der Waals surface area contributed by atoms with Crippen LogP contribution in [0.25, 0.3) is 0 Å². The van der Waals surface area contributed by atoms with Crippen LogP contribution < -0.4 is 0 Å². The van der Waals surface area contributed by atoms with Crippen molar-refractivity contribution in [1.82, 2.24) is 5.06 Å². The molecule has 0 atom stereocenters. The van der Waals surface area contributed by atoms with Crippen LogP contribution in [0.4, 0.5) is 0 Å². The number of allylic oxidation sites excluding steroid dienone is 2. The summed E-state index contributed by atoms with van der Waals surface area (Å²) in [5.74, 6) is 0. The predicted molar refractivity (Wildman–Crippen MR) is 29.0 cm³/mol. The van der Waals surface area contributed by atoms with Crippen molar-refractivity contribution >= 4 is 0 Å².